The second kappa shape index (κ2) is 12.7. The van der Waals surface area contributed by atoms with E-state index in [0.717, 1.165) is 12.8 Å². The van der Waals surface area contributed by atoms with E-state index in [-0.39, 0.29) is 24.3 Å². The maximum absolute atomic E-state index is 12.3. The highest BCUT2D eigenvalue weighted by atomic mass is 16.5. The summed E-state index contributed by atoms with van der Waals surface area (Å²) in [7, 11) is 1.57. The van der Waals surface area contributed by atoms with Gasteiger partial charge in [0.25, 0.3) is 5.91 Å². The van der Waals surface area contributed by atoms with Gasteiger partial charge in [0.2, 0.25) is 11.8 Å². The van der Waals surface area contributed by atoms with Crippen LogP contribution in [0.3, 0.4) is 0 Å². The molecular weight excluding hydrogens is 346 g/mol. The molecule has 0 aliphatic heterocycles. The fourth-order valence-electron chi connectivity index (χ4n) is 2.50. The van der Waals surface area contributed by atoms with Crippen LogP contribution in [0.4, 0.5) is 0 Å². The van der Waals surface area contributed by atoms with Crippen molar-refractivity contribution in [3.8, 4) is 5.75 Å². The van der Waals surface area contributed by atoms with E-state index >= 15 is 0 Å². The van der Waals surface area contributed by atoms with Crippen molar-refractivity contribution in [2.75, 3.05) is 33.3 Å². The van der Waals surface area contributed by atoms with Crippen LogP contribution >= 0.6 is 0 Å². The number of rotatable bonds is 12. The van der Waals surface area contributed by atoms with Crippen molar-refractivity contribution in [1.29, 1.82) is 0 Å². The van der Waals surface area contributed by atoms with E-state index in [9.17, 15) is 14.4 Å². The van der Waals surface area contributed by atoms with E-state index in [4.69, 9.17) is 4.74 Å². The number of methoxy groups -OCH3 is 1. The van der Waals surface area contributed by atoms with Crippen LogP contribution in [0.25, 0.3) is 0 Å². The minimum absolute atomic E-state index is 0.0674. The third-order valence-electron chi connectivity index (χ3n) is 3.96. The summed E-state index contributed by atoms with van der Waals surface area (Å²) in [6, 6.07) is 6.84. The lowest BCUT2D eigenvalue weighted by atomic mass is 10.2. The zero-order valence-electron chi connectivity index (χ0n) is 16.5. The predicted molar refractivity (Wildman–Crippen MR) is 105 cm³/mol. The lowest BCUT2D eigenvalue weighted by molar-refractivity contribution is -0.136. The molecule has 0 aromatic heterocycles. The van der Waals surface area contributed by atoms with Crippen LogP contribution in [0.15, 0.2) is 24.3 Å². The van der Waals surface area contributed by atoms with E-state index in [1.165, 1.54) is 0 Å². The standard InChI is InChI=1S/C20H31N3O4/c1-4-12-21-18(24)15-23(14-5-2)19(25)7-6-13-22-20(26)16-8-10-17(27-3)11-9-16/h8-11H,4-7,12-15H2,1-3H3,(H,21,24)(H,22,26). The highest BCUT2D eigenvalue weighted by Gasteiger charge is 2.16. The molecule has 0 atom stereocenters. The van der Waals surface area contributed by atoms with Gasteiger partial charge in [0.05, 0.1) is 13.7 Å². The first kappa shape index (κ1) is 22.5. The molecular formula is C20H31N3O4. The van der Waals surface area contributed by atoms with Crippen molar-refractivity contribution in [2.24, 2.45) is 0 Å². The van der Waals surface area contributed by atoms with E-state index in [0.29, 0.717) is 43.8 Å². The predicted octanol–water partition coefficient (Wildman–Crippen LogP) is 1.97. The summed E-state index contributed by atoms with van der Waals surface area (Å²) in [6.45, 7) is 5.61. The molecule has 1 aromatic carbocycles. The molecule has 3 amide bonds. The molecule has 0 fully saturated rings. The van der Waals surface area contributed by atoms with E-state index in [1.807, 2.05) is 13.8 Å². The Bertz CT molecular complexity index is 602. The van der Waals surface area contributed by atoms with Crippen LogP contribution in [-0.2, 0) is 9.59 Å². The van der Waals surface area contributed by atoms with Crippen LogP contribution in [0.2, 0.25) is 0 Å². The normalized spacial score (nSPS) is 10.2. The molecule has 0 saturated carbocycles. The van der Waals surface area contributed by atoms with Crippen molar-refractivity contribution in [2.45, 2.75) is 39.5 Å². The molecule has 7 nitrogen and oxygen atoms in total. The smallest absolute Gasteiger partial charge is 0.251 e. The second-order valence-corrected chi connectivity index (χ2v) is 6.25. The van der Waals surface area contributed by atoms with Gasteiger partial charge in [-0.05, 0) is 43.5 Å². The summed E-state index contributed by atoms with van der Waals surface area (Å²) < 4.78 is 5.06. The molecule has 0 bridgehead atoms. The molecule has 2 N–H and O–H groups in total. The van der Waals surface area contributed by atoms with Gasteiger partial charge in [-0.25, -0.2) is 0 Å². The topological polar surface area (TPSA) is 87.7 Å². The summed E-state index contributed by atoms with van der Waals surface area (Å²) in [5.74, 6) is 0.305. The van der Waals surface area contributed by atoms with E-state index < -0.39 is 0 Å². The Morgan fingerprint density at radius 2 is 1.70 bits per heavy atom. The van der Waals surface area contributed by atoms with Gasteiger partial charge < -0.3 is 20.3 Å². The Hall–Kier alpha value is -2.57. The molecule has 0 heterocycles. The number of nitrogens with one attached hydrogen (secondary N) is 2. The summed E-state index contributed by atoms with van der Waals surface area (Å²) in [4.78, 5) is 37.8. The van der Waals surface area contributed by atoms with Gasteiger partial charge in [0, 0.05) is 31.6 Å². The first-order chi connectivity index (χ1) is 13.0. The first-order valence-electron chi connectivity index (χ1n) is 9.48. The SMILES string of the molecule is CCCNC(=O)CN(CCC)C(=O)CCCNC(=O)c1ccc(OC)cc1. The van der Waals surface area contributed by atoms with Crippen molar-refractivity contribution in [3.05, 3.63) is 29.8 Å². The average molecular weight is 377 g/mol. The Balaban J connectivity index is 2.37. The molecule has 0 radical (unpaired) electrons. The summed E-state index contributed by atoms with van der Waals surface area (Å²) >= 11 is 0. The summed E-state index contributed by atoms with van der Waals surface area (Å²) in [5, 5.41) is 5.59. The van der Waals surface area contributed by atoms with Crippen LogP contribution in [0.1, 0.15) is 49.9 Å². The van der Waals surface area contributed by atoms with Crippen molar-refractivity contribution >= 4 is 17.7 Å². The molecule has 27 heavy (non-hydrogen) atoms. The molecule has 150 valence electrons. The third kappa shape index (κ3) is 8.57. The molecule has 0 saturated heterocycles. The van der Waals surface area contributed by atoms with Gasteiger partial charge in [-0.2, -0.15) is 0 Å². The highest BCUT2D eigenvalue weighted by molar-refractivity contribution is 5.94. The van der Waals surface area contributed by atoms with Crippen LogP contribution < -0.4 is 15.4 Å². The van der Waals surface area contributed by atoms with Crippen molar-refractivity contribution < 1.29 is 19.1 Å². The number of amides is 3. The number of benzene rings is 1. The lowest BCUT2D eigenvalue weighted by Gasteiger charge is -2.21. The quantitative estimate of drug-likeness (QED) is 0.545. The molecule has 0 spiro atoms. The van der Waals surface area contributed by atoms with Crippen LogP contribution in [-0.4, -0.2) is 55.9 Å². The second-order valence-electron chi connectivity index (χ2n) is 6.25. The van der Waals surface area contributed by atoms with E-state index in [1.54, 1.807) is 36.3 Å². The van der Waals surface area contributed by atoms with Gasteiger partial charge in [-0.15, -0.1) is 0 Å². The molecule has 0 aliphatic carbocycles. The van der Waals surface area contributed by atoms with Crippen LogP contribution in [0.5, 0.6) is 5.75 Å². The number of hydrogen-bond acceptors (Lipinski definition) is 4. The summed E-state index contributed by atoms with van der Waals surface area (Å²) in [6.07, 6.45) is 2.48. The Morgan fingerprint density at radius 3 is 2.30 bits per heavy atom. The highest BCUT2D eigenvalue weighted by Crippen LogP contribution is 2.11. The van der Waals surface area contributed by atoms with Gasteiger partial charge in [-0.1, -0.05) is 13.8 Å². The maximum Gasteiger partial charge on any atom is 0.251 e. The van der Waals surface area contributed by atoms with E-state index in [2.05, 4.69) is 10.6 Å². The van der Waals surface area contributed by atoms with Crippen molar-refractivity contribution in [1.82, 2.24) is 15.5 Å². The third-order valence-corrected chi connectivity index (χ3v) is 3.96. The van der Waals surface area contributed by atoms with Gasteiger partial charge >= 0.3 is 0 Å². The number of carbonyl (C=O) groups is 3. The Labute approximate surface area is 161 Å². The zero-order valence-corrected chi connectivity index (χ0v) is 16.5. The first-order valence-corrected chi connectivity index (χ1v) is 9.48. The van der Waals surface area contributed by atoms with Gasteiger partial charge in [0.1, 0.15) is 5.75 Å². The van der Waals surface area contributed by atoms with Gasteiger partial charge in [0.15, 0.2) is 0 Å². The zero-order chi connectivity index (χ0) is 20.1. The minimum atomic E-state index is -0.186. The molecule has 7 heteroatoms. The summed E-state index contributed by atoms with van der Waals surface area (Å²) in [5.41, 5.74) is 0.544. The van der Waals surface area contributed by atoms with Crippen molar-refractivity contribution in [3.63, 3.8) is 0 Å². The van der Waals surface area contributed by atoms with Gasteiger partial charge in [-0.3, -0.25) is 14.4 Å². The number of ether oxygens (including phenoxy) is 1. The molecule has 0 unspecified atom stereocenters. The Kier molecular flexibility index (Phi) is 10.6. The minimum Gasteiger partial charge on any atom is -0.497 e. The average Bonchev–Trinajstić information content (AvgIpc) is 2.69. The maximum atomic E-state index is 12.3. The molecule has 1 aromatic rings. The fraction of sp³-hybridized carbons (Fsp3) is 0.550. The number of nitrogens with zero attached hydrogens (tertiary/aromatic N) is 1. The lowest BCUT2D eigenvalue weighted by Crippen LogP contribution is -2.41. The number of hydrogen-bond donors (Lipinski definition) is 2. The van der Waals surface area contributed by atoms with Crippen LogP contribution in [0, 0.1) is 0 Å². The monoisotopic (exact) mass is 377 g/mol. The number of carbonyl (C=O) groups excluding carboxylic acids is 3. The molecule has 0 aliphatic rings. The Morgan fingerprint density at radius 1 is 1.00 bits per heavy atom. The fourth-order valence-corrected chi connectivity index (χ4v) is 2.50. The molecule has 1 rings (SSSR count). The largest absolute Gasteiger partial charge is 0.497 e.